The van der Waals surface area contributed by atoms with Crippen LogP contribution in [0.25, 0.3) is 0 Å². The second kappa shape index (κ2) is 5.51. The molecule has 9 nitrogen and oxygen atoms in total. The Morgan fingerprint density at radius 2 is 2.30 bits per heavy atom. The molecule has 1 N–H and O–H groups in total. The maximum atomic E-state index is 12.0. The number of rotatable bonds is 5. The van der Waals surface area contributed by atoms with Crippen LogP contribution < -0.4 is 5.32 Å². The van der Waals surface area contributed by atoms with Crippen LogP contribution in [0.4, 0.5) is 5.69 Å². The molecule has 2 aromatic heterocycles. The molecule has 0 unspecified atom stereocenters. The Morgan fingerprint density at radius 1 is 1.55 bits per heavy atom. The van der Waals surface area contributed by atoms with Gasteiger partial charge in [-0.3, -0.25) is 24.3 Å². The Hall–Kier alpha value is -2.71. The van der Waals surface area contributed by atoms with E-state index >= 15 is 0 Å². The summed E-state index contributed by atoms with van der Waals surface area (Å²) in [5.41, 5.74) is 0.291. The van der Waals surface area contributed by atoms with E-state index in [1.807, 2.05) is 6.92 Å². The minimum Gasteiger partial charge on any atom is -0.345 e. The molecule has 0 bridgehead atoms. The van der Waals surface area contributed by atoms with Gasteiger partial charge < -0.3 is 5.32 Å². The number of aryl methyl sites for hydroxylation is 2. The predicted molar refractivity (Wildman–Crippen MR) is 68.9 cm³/mol. The van der Waals surface area contributed by atoms with Gasteiger partial charge in [0.15, 0.2) is 0 Å². The third-order valence-electron chi connectivity index (χ3n) is 2.78. The highest BCUT2D eigenvalue weighted by Crippen LogP contribution is 2.16. The maximum Gasteiger partial charge on any atom is 0.320 e. The number of carbonyl (C=O) groups excluding carboxylic acids is 1. The number of carbonyl (C=O) groups is 1. The summed E-state index contributed by atoms with van der Waals surface area (Å²) in [4.78, 5) is 22.2. The summed E-state index contributed by atoms with van der Waals surface area (Å²) >= 11 is 0. The van der Waals surface area contributed by atoms with Crippen LogP contribution in [-0.2, 0) is 20.1 Å². The number of hydrogen-bond donors (Lipinski definition) is 1. The van der Waals surface area contributed by atoms with Gasteiger partial charge >= 0.3 is 5.69 Å². The Balaban J connectivity index is 2.09. The van der Waals surface area contributed by atoms with Crippen molar-refractivity contribution >= 4 is 11.6 Å². The Morgan fingerprint density at radius 3 is 2.90 bits per heavy atom. The number of nitrogens with zero attached hydrogens (tertiary/aromatic N) is 5. The lowest BCUT2D eigenvalue weighted by molar-refractivity contribution is -0.385. The molecule has 0 spiro atoms. The zero-order chi connectivity index (χ0) is 14.7. The van der Waals surface area contributed by atoms with E-state index in [1.54, 1.807) is 16.9 Å². The molecule has 2 heterocycles. The molecule has 0 aliphatic heterocycles. The van der Waals surface area contributed by atoms with Gasteiger partial charge in [0, 0.05) is 19.8 Å². The van der Waals surface area contributed by atoms with Gasteiger partial charge in [-0.05, 0) is 13.0 Å². The fourth-order valence-corrected chi connectivity index (χ4v) is 1.75. The largest absolute Gasteiger partial charge is 0.345 e. The Bertz CT molecular complexity index is 644. The summed E-state index contributed by atoms with van der Waals surface area (Å²) in [6.45, 7) is 2.89. The maximum absolute atomic E-state index is 12.0. The highest BCUT2D eigenvalue weighted by atomic mass is 16.6. The molecule has 106 valence electrons. The van der Waals surface area contributed by atoms with Gasteiger partial charge in [0.1, 0.15) is 6.20 Å². The van der Waals surface area contributed by atoms with Crippen molar-refractivity contribution in [2.24, 2.45) is 7.05 Å². The van der Waals surface area contributed by atoms with Crippen LogP contribution in [0.5, 0.6) is 0 Å². The van der Waals surface area contributed by atoms with Gasteiger partial charge in [-0.25, -0.2) is 0 Å². The van der Waals surface area contributed by atoms with Gasteiger partial charge in [0.25, 0.3) is 5.91 Å². The zero-order valence-corrected chi connectivity index (χ0v) is 11.1. The number of nitrogens with one attached hydrogen (secondary N) is 1. The molecule has 20 heavy (non-hydrogen) atoms. The van der Waals surface area contributed by atoms with Crippen molar-refractivity contribution in [3.63, 3.8) is 0 Å². The van der Waals surface area contributed by atoms with Crippen molar-refractivity contribution in [3.05, 3.63) is 40.0 Å². The summed E-state index contributed by atoms with van der Waals surface area (Å²) in [6.07, 6.45) is 2.86. The van der Waals surface area contributed by atoms with Crippen molar-refractivity contribution < 1.29 is 9.72 Å². The summed E-state index contributed by atoms with van der Waals surface area (Å²) < 4.78 is 2.91. The first-order valence-corrected chi connectivity index (χ1v) is 5.99. The lowest BCUT2D eigenvalue weighted by Crippen LogP contribution is -2.26. The van der Waals surface area contributed by atoms with Crippen LogP contribution in [0, 0.1) is 10.1 Å². The minimum atomic E-state index is -0.631. The lowest BCUT2D eigenvalue weighted by atomic mass is 10.3. The molecule has 0 aliphatic rings. The predicted octanol–water partition coefficient (Wildman–Crippen LogP) is 0.475. The zero-order valence-electron chi connectivity index (χ0n) is 11.1. The summed E-state index contributed by atoms with van der Waals surface area (Å²) in [5.74, 6) is -0.553. The van der Waals surface area contributed by atoms with Crippen molar-refractivity contribution in [2.75, 3.05) is 0 Å². The first kappa shape index (κ1) is 13.7. The van der Waals surface area contributed by atoms with E-state index in [0.717, 1.165) is 12.7 Å². The monoisotopic (exact) mass is 278 g/mol. The average Bonchev–Trinajstić information content (AvgIpc) is 3.02. The van der Waals surface area contributed by atoms with Crippen LogP contribution in [0.2, 0.25) is 0 Å². The van der Waals surface area contributed by atoms with Gasteiger partial charge in [-0.2, -0.15) is 10.2 Å². The topological polar surface area (TPSA) is 108 Å². The Kier molecular flexibility index (Phi) is 3.78. The standard InChI is InChI=1S/C11H14N6O3/c1-3-16-5-4-8(14-16)6-12-11(18)10-9(17(19)20)7-13-15(10)2/h4-5,7H,3,6H2,1-2H3,(H,12,18). The molecule has 1 amide bonds. The molecule has 2 rings (SSSR count). The molecular weight excluding hydrogens is 264 g/mol. The number of nitro groups is 1. The Labute approximate surface area is 114 Å². The summed E-state index contributed by atoms with van der Waals surface area (Å²) in [7, 11) is 1.48. The number of amides is 1. The van der Waals surface area contributed by atoms with E-state index in [9.17, 15) is 14.9 Å². The summed E-state index contributed by atoms with van der Waals surface area (Å²) in [5, 5.41) is 21.3. The molecule has 9 heteroatoms. The average molecular weight is 278 g/mol. The van der Waals surface area contributed by atoms with E-state index < -0.39 is 10.8 Å². The highest BCUT2D eigenvalue weighted by molar-refractivity contribution is 5.96. The molecule has 0 aromatic carbocycles. The van der Waals surface area contributed by atoms with E-state index in [2.05, 4.69) is 15.5 Å². The molecule has 2 aromatic rings. The molecule has 0 aliphatic carbocycles. The van der Waals surface area contributed by atoms with Crippen LogP contribution >= 0.6 is 0 Å². The molecule has 0 atom stereocenters. The van der Waals surface area contributed by atoms with Crippen molar-refractivity contribution in [1.82, 2.24) is 24.9 Å². The van der Waals surface area contributed by atoms with E-state index in [0.29, 0.717) is 5.69 Å². The molecule has 0 saturated carbocycles. The normalized spacial score (nSPS) is 10.5. The van der Waals surface area contributed by atoms with Gasteiger partial charge in [-0.1, -0.05) is 0 Å². The second-order valence-electron chi connectivity index (χ2n) is 4.10. The van der Waals surface area contributed by atoms with Crippen LogP contribution in [0.1, 0.15) is 23.1 Å². The van der Waals surface area contributed by atoms with Crippen LogP contribution in [-0.4, -0.2) is 30.4 Å². The van der Waals surface area contributed by atoms with Gasteiger partial charge in [0.2, 0.25) is 5.69 Å². The smallest absolute Gasteiger partial charge is 0.320 e. The molecule has 0 radical (unpaired) electrons. The molecule has 0 fully saturated rings. The quantitative estimate of drug-likeness (QED) is 0.632. The van der Waals surface area contributed by atoms with Crippen molar-refractivity contribution in [3.8, 4) is 0 Å². The number of aromatic nitrogens is 4. The fourth-order valence-electron chi connectivity index (χ4n) is 1.75. The lowest BCUT2D eigenvalue weighted by Gasteiger charge is -2.03. The fraction of sp³-hybridized carbons (Fsp3) is 0.364. The van der Waals surface area contributed by atoms with Gasteiger partial charge in [-0.15, -0.1) is 0 Å². The van der Waals surface area contributed by atoms with E-state index in [1.165, 1.54) is 11.7 Å². The SMILES string of the molecule is CCn1ccc(CNC(=O)c2c([N+](=O)[O-])cnn2C)n1. The van der Waals surface area contributed by atoms with Crippen LogP contribution in [0.3, 0.4) is 0 Å². The van der Waals surface area contributed by atoms with Gasteiger partial charge in [0.05, 0.1) is 17.2 Å². The first-order valence-electron chi connectivity index (χ1n) is 5.99. The van der Waals surface area contributed by atoms with E-state index in [-0.39, 0.29) is 17.9 Å². The minimum absolute atomic E-state index is 0.0788. The van der Waals surface area contributed by atoms with E-state index in [4.69, 9.17) is 0 Å². The highest BCUT2D eigenvalue weighted by Gasteiger charge is 2.25. The first-order chi connectivity index (χ1) is 9.52. The number of hydrogen-bond acceptors (Lipinski definition) is 5. The molecule has 0 saturated heterocycles. The molecular formula is C11H14N6O3. The van der Waals surface area contributed by atoms with Crippen molar-refractivity contribution in [1.29, 1.82) is 0 Å². The van der Waals surface area contributed by atoms with Crippen LogP contribution in [0.15, 0.2) is 18.5 Å². The van der Waals surface area contributed by atoms with Crippen molar-refractivity contribution in [2.45, 2.75) is 20.0 Å². The third-order valence-corrected chi connectivity index (χ3v) is 2.78. The second-order valence-corrected chi connectivity index (χ2v) is 4.10. The summed E-state index contributed by atoms with van der Waals surface area (Å²) in [6, 6.07) is 1.78. The third kappa shape index (κ3) is 2.66.